The van der Waals surface area contributed by atoms with Gasteiger partial charge in [-0.3, -0.25) is 0 Å². The highest BCUT2D eigenvalue weighted by molar-refractivity contribution is 9.10. The molecule has 2 N–H and O–H groups in total. The monoisotopic (exact) mass is 298 g/mol. The fourth-order valence-electron chi connectivity index (χ4n) is 1.53. The van der Waals surface area contributed by atoms with Gasteiger partial charge in [0.15, 0.2) is 23.1 Å². The molecule has 17 heavy (non-hydrogen) atoms. The largest absolute Gasteiger partial charge is 0.493 e. The molecule has 0 amide bonds. The molecule has 0 saturated heterocycles. The van der Waals surface area contributed by atoms with Crippen molar-refractivity contribution in [3.63, 3.8) is 0 Å². The summed E-state index contributed by atoms with van der Waals surface area (Å²) in [4.78, 5) is 0. The van der Waals surface area contributed by atoms with Crippen LogP contribution in [0.1, 0.15) is 0 Å². The van der Waals surface area contributed by atoms with Crippen LogP contribution in [0.15, 0.2) is 27.2 Å². The third-order valence-electron chi connectivity index (χ3n) is 2.24. The molecule has 2 rings (SSSR count). The molecule has 0 aliphatic heterocycles. The van der Waals surface area contributed by atoms with Crippen molar-refractivity contribution >= 4 is 21.7 Å². The number of methoxy groups -OCH3 is 2. The van der Waals surface area contributed by atoms with E-state index < -0.39 is 0 Å². The highest BCUT2D eigenvalue weighted by Crippen LogP contribution is 2.40. The van der Waals surface area contributed by atoms with E-state index in [0.29, 0.717) is 23.1 Å². The first-order chi connectivity index (χ1) is 8.15. The standard InChI is InChI=1S/C11H11BrN2O3/c1-15-9-4-6(12)3-7(11(9)16-2)8-5-10(13)14-17-8/h3-5H,1-2H3,(H2,13,14). The normalized spacial score (nSPS) is 10.3. The van der Waals surface area contributed by atoms with Crippen molar-refractivity contribution in [1.29, 1.82) is 0 Å². The van der Waals surface area contributed by atoms with E-state index in [1.165, 1.54) is 0 Å². The lowest BCUT2D eigenvalue weighted by Crippen LogP contribution is -1.93. The van der Waals surface area contributed by atoms with Crippen LogP contribution in [0.25, 0.3) is 11.3 Å². The molecule has 0 saturated carbocycles. The molecule has 90 valence electrons. The fourth-order valence-corrected chi connectivity index (χ4v) is 1.97. The lowest BCUT2D eigenvalue weighted by molar-refractivity contribution is 0.353. The summed E-state index contributed by atoms with van der Waals surface area (Å²) in [6.45, 7) is 0. The molecule has 0 aliphatic rings. The lowest BCUT2D eigenvalue weighted by Gasteiger charge is -2.11. The maximum Gasteiger partial charge on any atom is 0.172 e. The summed E-state index contributed by atoms with van der Waals surface area (Å²) in [7, 11) is 3.14. The smallest absolute Gasteiger partial charge is 0.172 e. The highest BCUT2D eigenvalue weighted by atomic mass is 79.9. The number of rotatable bonds is 3. The Kier molecular flexibility index (Phi) is 3.23. The molecule has 2 aromatic rings. The van der Waals surface area contributed by atoms with E-state index in [2.05, 4.69) is 21.1 Å². The zero-order chi connectivity index (χ0) is 12.4. The maximum absolute atomic E-state index is 5.53. The van der Waals surface area contributed by atoms with Crippen molar-refractivity contribution in [2.24, 2.45) is 0 Å². The van der Waals surface area contributed by atoms with E-state index in [1.807, 2.05) is 12.1 Å². The minimum absolute atomic E-state index is 0.320. The summed E-state index contributed by atoms with van der Waals surface area (Å²) in [6.07, 6.45) is 0. The van der Waals surface area contributed by atoms with E-state index >= 15 is 0 Å². The first-order valence-corrected chi connectivity index (χ1v) is 5.59. The van der Waals surface area contributed by atoms with Crippen LogP contribution in [0.3, 0.4) is 0 Å². The molecule has 5 nitrogen and oxygen atoms in total. The van der Waals surface area contributed by atoms with Crippen LogP contribution in [0, 0.1) is 0 Å². The number of ether oxygens (including phenoxy) is 2. The van der Waals surface area contributed by atoms with Gasteiger partial charge in [0.2, 0.25) is 0 Å². The first kappa shape index (κ1) is 11.8. The van der Waals surface area contributed by atoms with Crippen molar-refractivity contribution in [1.82, 2.24) is 5.16 Å². The second-order valence-corrected chi connectivity index (χ2v) is 4.22. The fraction of sp³-hybridized carbons (Fsp3) is 0.182. The summed E-state index contributed by atoms with van der Waals surface area (Å²) < 4.78 is 16.5. The summed E-state index contributed by atoms with van der Waals surface area (Å²) >= 11 is 3.39. The number of hydrogen-bond acceptors (Lipinski definition) is 5. The van der Waals surface area contributed by atoms with Crippen LogP contribution in [0.4, 0.5) is 5.82 Å². The Morgan fingerprint density at radius 2 is 2.00 bits per heavy atom. The van der Waals surface area contributed by atoms with Gasteiger partial charge in [0, 0.05) is 10.5 Å². The Morgan fingerprint density at radius 3 is 2.53 bits per heavy atom. The van der Waals surface area contributed by atoms with Gasteiger partial charge in [-0.2, -0.15) is 0 Å². The number of nitrogens with zero attached hydrogens (tertiary/aromatic N) is 1. The van der Waals surface area contributed by atoms with E-state index in [4.69, 9.17) is 19.7 Å². The van der Waals surface area contributed by atoms with Crippen molar-refractivity contribution in [3.8, 4) is 22.8 Å². The second-order valence-electron chi connectivity index (χ2n) is 3.30. The van der Waals surface area contributed by atoms with Gasteiger partial charge >= 0.3 is 0 Å². The number of nitrogen functional groups attached to an aromatic ring is 1. The highest BCUT2D eigenvalue weighted by Gasteiger charge is 2.16. The number of aromatic nitrogens is 1. The van der Waals surface area contributed by atoms with Gasteiger partial charge in [-0.05, 0) is 12.1 Å². The Morgan fingerprint density at radius 1 is 1.24 bits per heavy atom. The zero-order valence-electron chi connectivity index (χ0n) is 9.36. The van der Waals surface area contributed by atoms with Crippen LogP contribution >= 0.6 is 15.9 Å². The number of hydrogen-bond donors (Lipinski definition) is 1. The number of nitrogens with two attached hydrogens (primary N) is 1. The van der Waals surface area contributed by atoms with Gasteiger partial charge in [-0.15, -0.1) is 0 Å². The van der Waals surface area contributed by atoms with Crippen molar-refractivity contribution < 1.29 is 14.0 Å². The van der Waals surface area contributed by atoms with Crippen LogP contribution in [-0.2, 0) is 0 Å². The third-order valence-corrected chi connectivity index (χ3v) is 2.70. The molecule has 0 spiro atoms. The van der Waals surface area contributed by atoms with Crippen LogP contribution < -0.4 is 15.2 Å². The third kappa shape index (κ3) is 2.21. The van der Waals surface area contributed by atoms with Crippen molar-refractivity contribution in [3.05, 3.63) is 22.7 Å². The molecule has 6 heteroatoms. The van der Waals surface area contributed by atoms with Gasteiger partial charge < -0.3 is 19.7 Å². The predicted octanol–water partition coefficient (Wildman–Crippen LogP) is 2.70. The van der Waals surface area contributed by atoms with Crippen LogP contribution in [0.5, 0.6) is 11.5 Å². The Balaban J connectivity index is 2.63. The molecular weight excluding hydrogens is 288 g/mol. The molecule has 0 bridgehead atoms. The number of benzene rings is 1. The summed E-state index contributed by atoms with van der Waals surface area (Å²) in [5, 5.41) is 3.64. The minimum Gasteiger partial charge on any atom is -0.493 e. The van der Waals surface area contributed by atoms with Crippen molar-refractivity contribution in [2.45, 2.75) is 0 Å². The average Bonchev–Trinajstić information content (AvgIpc) is 2.74. The molecule has 1 aromatic carbocycles. The molecule has 0 atom stereocenters. The SMILES string of the molecule is COc1cc(Br)cc(-c2cc(N)no2)c1OC. The summed E-state index contributed by atoms with van der Waals surface area (Å²) in [5.74, 6) is 2.03. The predicted molar refractivity (Wildman–Crippen MR) is 67.2 cm³/mol. The molecule has 0 aliphatic carbocycles. The molecule has 0 fully saturated rings. The molecular formula is C11H11BrN2O3. The Labute approximate surface area is 107 Å². The average molecular weight is 299 g/mol. The van der Waals surface area contributed by atoms with Gasteiger partial charge in [0.1, 0.15) is 0 Å². The van der Waals surface area contributed by atoms with Crippen LogP contribution in [-0.4, -0.2) is 19.4 Å². The van der Waals surface area contributed by atoms with Gasteiger partial charge in [-0.1, -0.05) is 21.1 Å². The molecule has 1 heterocycles. The molecule has 1 aromatic heterocycles. The van der Waals surface area contributed by atoms with Gasteiger partial charge in [0.05, 0.1) is 19.8 Å². The van der Waals surface area contributed by atoms with Gasteiger partial charge in [0.25, 0.3) is 0 Å². The lowest BCUT2D eigenvalue weighted by atomic mass is 10.1. The molecule has 0 radical (unpaired) electrons. The number of halogens is 1. The molecule has 0 unspecified atom stereocenters. The second kappa shape index (κ2) is 4.67. The number of anilines is 1. The quantitative estimate of drug-likeness (QED) is 0.943. The van der Waals surface area contributed by atoms with E-state index in [0.717, 1.165) is 10.0 Å². The maximum atomic E-state index is 5.53. The van der Waals surface area contributed by atoms with Gasteiger partial charge in [-0.25, -0.2) is 0 Å². The Hall–Kier alpha value is -1.69. The van der Waals surface area contributed by atoms with Crippen molar-refractivity contribution in [2.75, 3.05) is 20.0 Å². The first-order valence-electron chi connectivity index (χ1n) is 4.79. The van der Waals surface area contributed by atoms with E-state index in [1.54, 1.807) is 20.3 Å². The zero-order valence-corrected chi connectivity index (χ0v) is 10.9. The van der Waals surface area contributed by atoms with Crippen LogP contribution in [0.2, 0.25) is 0 Å². The Bertz CT molecular complexity index is 540. The summed E-state index contributed by atoms with van der Waals surface area (Å²) in [5.41, 5.74) is 6.25. The van der Waals surface area contributed by atoms with E-state index in [9.17, 15) is 0 Å². The summed E-state index contributed by atoms with van der Waals surface area (Å²) in [6, 6.07) is 5.28. The minimum atomic E-state index is 0.320. The topological polar surface area (TPSA) is 70.5 Å². The van der Waals surface area contributed by atoms with E-state index in [-0.39, 0.29) is 0 Å².